The number of benzene rings is 1. The molecule has 0 N–H and O–H groups in total. The molecule has 154 valence electrons. The van der Waals surface area contributed by atoms with Gasteiger partial charge in [-0.1, -0.05) is 37.6 Å². The Morgan fingerprint density at radius 3 is 2.72 bits per heavy atom. The van der Waals surface area contributed by atoms with Crippen molar-refractivity contribution >= 4 is 11.9 Å². The number of nitrogens with zero attached hydrogens (tertiary/aromatic N) is 4. The quantitative estimate of drug-likeness (QED) is 0.785. The Balaban J connectivity index is 1.42. The number of aromatic nitrogens is 2. The molecule has 0 radical (unpaired) electrons. The van der Waals surface area contributed by atoms with Crippen molar-refractivity contribution in [3.05, 3.63) is 41.5 Å². The van der Waals surface area contributed by atoms with E-state index in [2.05, 4.69) is 15.0 Å². The van der Waals surface area contributed by atoms with E-state index in [4.69, 9.17) is 4.52 Å². The fourth-order valence-electron chi connectivity index (χ4n) is 5.02. The normalized spacial score (nSPS) is 26.8. The highest BCUT2D eigenvalue weighted by molar-refractivity contribution is 5.80. The zero-order valence-corrected chi connectivity index (χ0v) is 16.9. The molecule has 6 nitrogen and oxygen atoms in total. The molecule has 0 spiro atoms. The molecule has 1 aromatic carbocycles. The molecule has 1 aromatic heterocycles. The Kier molecular flexibility index (Phi) is 4.56. The summed E-state index contributed by atoms with van der Waals surface area (Å²) in [7, 11) is 0. The van der Waals surface area contributed by atoms with Crippen LogP contribution in [0, 0.1) is 23.6 Å². The summed E-state index contributed by atoms with van der Waals surface area (Å²) in [5.74, 6) is 1.61. The Morgan fingerprint density at radius 1 is 1.24 bits per heavy atom. The van der Waals surface area contributed by atoms with E-state index in [1.807, 2.05) is 24.8 Å². The van der Waals surface area contributed by atoms with Crippen LogP contribution in [0.15, 0.2) is 28.8 Å². The molecule has 3 atom stereocenters. The molecule has 0 bridgehead atoms. The van der Waals surface area contributed by atoms with Crippen LogP contribution in [0.4, 0.5) is 10.4 Å². The van der Waals surface area contributed by atoms with E-state index < -0.39 is 0 Å². The predicted molar refractivity (Wildman–Crippen MR) is 106 cm³/mol. The first kappa shape index (κ1) is 18.6. The van der Waals surface area contributed by atoms with Crippen LogP contribution in [-0.2, 0) is 4.79 Å². The summed E-state index contributed by atoms with van der Waals surface area (Å²) >= 11 is 0. The van der Waals surface area contributed by atoms with Crippen LogP contribution in [0.25, 0.3) is 0 Å². The molecule has 3 fully saturated rings. The van der Waals surface area contributed by atoms with Crippen LogP contribution in [0.2, 0.25) is 0 Å². The second kappa shape index (κ2) is 7.11. The van der Waals surface area contributed by atoms with E-state index in [1.54, 1.807) is 12.1 Å². The number of likely N-dealkylation sites (tertiary alicyclic amines) is 1. The van der Waals surface area contributed by atoms with E-state index in [0.29, 0.717) is 24.3 Å². The number of fused-ring (bicyclic) bond motifs is 1. The molecule has 1 aliphatic carbocycles. The first-order chi connectivity index (χ1) is 14.0. The van der Waals surface area contributed by atoms with Crippen LogP contribution in [0.1, 0.15) is 56.5 Å². The summed E-state index contributed by atoms with van der Waals surface area (Å²) in [6, 6.07) is 7.19. The van der Waals surface area contributed by atoms with Gasteiger partial charge in [-0.05, 0) is 30.5 Å². The van der Waals surface area contributed by atoms with E-state index >= 15 is 0 Å². The highest BCUT2D eigenvalue weighted by Crippen LogP contribution is 2.47. The summed E-state index contributed by atoms with van der Waals surface area (Å²) in [6.07, 6.45) is 3.09. The molecule has 1 saturated carbocycles. The predicted octanol–water partition coefficient (Wildman–Crippen LogP) is 3.77. The summed E-state index contributed by atoms with van der Waals surface area (Å²) < 4.78 is 19.5. The standard InChI is InChI=1S/C22H27FN4O2/c1-13(2)20-24-22(29-25-20)26-10-16-11-27(21(28)14-5-3-6-14)19(18(16)12-26)15-7-4-8-17(23)9-15/h4,7-9,13-14,16,18-19H,3,5-6,10-12H2,1-2H3/t16-,18-,19+/m0/s1. The van der Waals surface area contributed by atoms with Gasteiger partial charge >= 0.3 is 6.01 Å². The van der Waals surface area contributed by atoms with Gasteiger partial charge in [-0.2, -0.15) is 4.98 Å². The molecule has 2 aliphatic heterocycles. The van der Waals surface area contributed by atoms with Crippen molar-refractivity contribution in [2.45, 2.75) is 45.1 Å². The molecule has 2 saturated heterocycles. The number of hydrogen-bond acceptors (Lipinski definition) is 5. The number of carbonyl (C=O) groups is 1. The number of rotatable bonds is 4. The first-order valence-electron chi connectivity index (χ1n) is 10.7. The smallest absolute Gasteiger partial charge is 0.324 e. The molecule has 7 heteroatoms. The Hall–Kier alpha value is -2.44. The SMILES string of the molecule is CC(C)c1noc(N2C[C@H]3CN(C(=O)C4CCC4)[C@H](c4cccc(F)c4)[C@H]3C2)n1. The highest BCUT2D eigenvalue weighted by Gasteiger charge is 2.51. The number of carbonyl (C=O) groups excluding carboxylic acids is 1. The summed E-state index contributed by atoms with van der Waals surface area (Å²) in [4.78, 5) is 21.8. The third-order valence-corrected chi connectivity index (χ3v) is 6.81. The van der Waals surface area contributed by atoms with Gasteiger partial charge in [0.05, 0.1) is 6.04 Å². The second-order valence-corrected chi connectivity index (χ2v) is 9.04. The fraction of sp³-hybridized carbons (Fsp3) is 0.591. The molecular formula is C22H27FN4O2. The van der Waals surface area contributed by atoms with Crippen LogP contribution < -0.4 is 4.90 Å². The van der Waals surface area contributed by atoms with Gasteiger partial charge in [0.1, 0.15) is 5.82 Å². The van der Waals surface area contributed by atoms with Crippen LogP contribution >= 0.6 is 0 Å². The minimum absolute atomic E-state index is 0.0960. The molecule has 0 unspecified atom stereocenters. The van der Waals surface area contributed by atoms with E-state index in [1.165, 1.54) is 6.07 Å². The average molecular weight is 398 g/mol. The highest BCUT2D eigenvalue weighted by atomic mass is 19.1. The minimum Gasteiger partial charge on any atom is -0.335 e. The second-order valence-electron chi connectivity index (χ2n) is 9.04. The zero-order chi connectivity index (χ0) is 20.1. The van der Waals surface area contributed by atoms with Crippen molar-refractivity contribution in [1.82, 2.24) is 15.0 Å². The number of amides is 1. The van der Waals surface area contributed by atoms with Crippen molar-refractivity contribution in [2.75, 3.05) is 24.5 Å². The lowest BCUT2D eigenvalue weighted by atomic mass is 9.83. The Labute approximate surface area is 170 Å². The molecule has 3 aliphatic rings. The van der Waals surface area contributed by atoms with Crippen molar-refractivity contribution in [2.24, 2.45) is 17.8 Å². The first-order valence-corrected chi connectivity index (χ1v) is 10.7. The maximum absolute atomic E-state index is 14.0. The molecule has 5 rings (SSSR count). The Morgan fingerprint density at radius 2 is 2.07 bits per heavy atom. The van der Waals surface area contributed by atoms with Crippen molar-refractivity contribution in [1.29, 1.82) is 0 Å². The van der Waals surface area contributed by atoms with Gasteiger partial charge < -0.3 is 14.3 Å². The van der Waals surface area contributed by atoms with E-state index in [0.717, 1.165) is 37.9 Å². The number of hydrogen-bond donors (Lipinski definition) is 0. The number of halogens is 1. The van der Waals surface area contributed by atoms with Crippen molar-refractivity contribution in [3.63, 3.8) is 0 Å². The summed E-state index contributed by atoms with van der Waals surface area (Å²) in [5, 5.41) is 4.09. The molecule has 29 heavy (non-hydrogen) atoms. The molecular weight excluding hydrogens is 371 g/mol. The molecule has 1 amide bonds. The van der Waals surface area contributed by atoms with Gasteiger partial charge in [0, 0.05) is 43.3 Å². The average Bonchev–Trinajstić information content (AvgIpc) is 3.33. The van der Waals surface area contributed by atoms with Crippen LogP contribution in [0.5, 0.6) is 0 Å². The van der Waals surface area contributed by atoms with Gasteiger partial charge in [-0.15, -0.1) is 0 Å². The van der Waals surface area contributed by atoms with Gasteiger partial charge in [-0.25, -0.2) is 4.39 Å². The largest absolute Gasteiger partial charge is 0.335 e. The van der Waals surface area contributed by atoms with Crippen LogP contribution in [-0.4, -0.2) is 40.6 Å². The number of anilines is 1. The topological polar surface area (TPSA) is 62.5 Å². The van der Waals surface area contributed by atoms with E-state index in [9.17, 15) is 9.18 Å². The maximum Gasteiger partial charge on any atom is 0.324 e. The Bertz CT molecular complexity index is 910. The minimum atomic E-state index is -0.254. The van der Waals surface area contributed by atoms with Gasteiger partial charge in [0.15, 0.2) is 5.82 Å². The molecule has 2 aromatic rings. The van der Waals surface area contributed by atoms with Gasteiger partial charge in [-0.3, -0.25) is 4.79 Å². The van der Waals surface area contributed by atoms with Gasteiger partial charge in [0.2, 0.25) is 5.91 Å². The lowest BCUT2D eigenvalue weighted by Gasteiger charge is -2.35. The molecule has 3 heterocycles. The maximum atomic E-state index is 14.0. The third kappa shape index (κ3) is 3.20. The monoisotopic (exact) mass is 398 g/mol. The van der Waals surface area contributed by atoms with E-state index in [-0.39, 0.29) is 35.5 Å². The van der Waals surface area contributed by atoms with Gasteiger partial charge in [0.25, 0.3) is 0 Å². The fourth-order valence-corrected chi connectivity index (χ4v) is 5.02. The lowest BCUT2D eigenvalue weighted by Crippen LogP contribution is -2.41. The van der Waals surface area contributed by atoms with Crippen LogP contribution in [0.3, 0.4) is 0 Å². The third-order valence-electron chi connectivity index (χ3n) is 6.81. The summed E-state index contributed by atoms with van der Waals surface area (Å²) in [6.45, 7) is 6.31. The van der Waals surface area contributed by atoms with Crippen molar-refractivity contribution in [3.8, 4) is 0 Å². The lowest BCUT2D eigenvalue weighted by molar-refractivity contribution is -0.139. The zero-order valence-electron chi connectivity index (χ0n) is 16.9. The summed E-state index contributed by atoms with van der Waals surface area (Å²) in [5.41, 5.74) is 0.889. The van der Waals surface area contributed by atoms with Crippen molar-refractivity contribution < 1.29 is 13.7 Å².